The van der Waals surface area contributed by atoms with Crippen LogP contribution in [0.5, 0.6) is 5.88 Å². The predicted molar refractivity (Wildman–Crippen MR) is 133 cm³/mol. The summed E-state index contributed by atoms with van der Waals surface area (Å²) in [7, 11) is 1.43. The minimum atomic E-state index is -2.81. The number of piperidine rings is 1. The van der Waals surface area contributed by atoms with Gasteiger partial charge < -0.3 is 19.7 Å². The molecule has 3 saturated heterocycles. The highest BCUT2D eigenvalue weighted by atomic mass is 19.3. The van der Waals surface area contributed by atoms with Gasteiger partial charge in [-0.15, -0.1) is 0 Å². The van der Waals surface area contributed by atoms with E-state index in [0.717, 1.165) is 19.0 Å². The second kappa shape index (κ2) is 9.79. The highest BCUT2D eigenvalue weighted by Gasteiger charge is 2.59. The van der Waals surface area contributed by atoms with Crippen molar-refractivity contribution in [3.63, 3.8) is 0 Å². The Labute approximate surface area is 223 Å². The normalized spacial score (nSPS) is 31.4. The average molecular weight is 548 g/mol. The van der Waals surface area contributed by atoms with Crippen LogP contribution in [0.3, 0.4) is 0 Å². The van der Waals surface area contributed by atoms with Crippen molar-refractivity contribution < 1.29 is 32.2 Å². The minimum absolute atomic E-state index is 0.0648. The number of nitrogens with one attached hydrogen (secondary N) is 2. The molecule has 1 saturated carbocycles. The van der Waals surface area contributed by atoms with E-state index in [1.54, 1.807) is 0 Å². The first-order chi connectivity index (χ1) is 18.7. The fourth-order valence-corrected chi connectivity index (χ4v) is 6.92. The molecule has 9 nitrogen and oxygen atoms in total. The topological polar surface area (TPSA) is 109 Å². The summed E-state index contributed by atoms with van der Waals surface area (Å²) in [4.78, 5) is 32.2. The van der Waals surface area contributed by atoms with Gasteiger partial charge in [-0.25, -0.2) is 18.2 Å². The van der Waals surface area contributed by atoms with E-state index in [0.29, 0.717) is 25.7 Å². The molecule has 0 radical (unpaired) electrons. The molecule has 2 bridgehead atoms. The molecule has 4 aliphatic rings. The summed E-state index contributed by atoms with van der Waals surface area (Å²) in [5, 5.41) is 9.97. The Kier molecular flexibility index (Phi) is 6.55. The van der Waals surface area contributed by atoms with Crippen LogP contribution in [0.4, 0.5) is 13.2 Å². The third-order valence-corrected chi connectivity index (χ3v) is 9.06. The van der Waals surface area contributed by atoms with Crippen molar-refractivity contribution in [3.05, 3.63) is 29.8 Å². The molecule has 6 rings (SSSR count). The van der Waals surface area contributed by atoms with Crippen LogP contribution in [0.25, 0.3) is 11.3 Å². The lowest BCUT2D eigenvalue weighted by Crippen LogP contribution is -2.53. The lowest BCUT2D eigenvalue weighted by molar-refractivity contribution is -0.165. The Hall–Kier alpha value is -3.15. The maximum atomic E-state index is 14.3. The fourth-order valence-electron chi connectivity index (χ4n) is 6.92. The molecule has 12 heteroatoms. The van der Waals surface area contributed by atoms with Gasteiger partial charge >= 0.3 is 0 Å². The predicted octanol–water partition coefficient (Wildman–Crippen LogP) is 3.86. The number of hydrogen-bond acceptors (Lipinski definition) is 6. The maximum absolute atomic E-state index is 14.3. The monoisotopic (exact) mass is 547 g/mol. The molecule has 1 unspecified atom stereocenters. The standard InChI is InChI=1S/C27H32F3N5O4/c1-38-23-12-19(20(28)14-31-23)21-13-22(34-33-21)25(37)35-17-2-3-18(35)11-15(10-17)24(36)32-16-4-6-26(7-5-16)27(29,30)8-9-39-26/h12-18H,2-11H2,1H3,(H,32,36)(H,33,34)/t15?,16?,17-,18+,26?. The summed E-state index contributed by atoms with van der Waals surface area (Å²) in [6, 6.07) is 2.63. The van der Waals surface area contributed by atoms with Gasteiger partial charge in [-0.3, -0.25) is 14.7 Å². The zero-order valence-corrected chi connectivity index (χ0v) is 21.7. The number of fused-ring (bicyclic) bond motifs is 2. The van der Waals surface area contributed by atoms with Gasteiger partial charge in [0, 0.05) is 42.1 Å². The second-order valence-corrected chi connectivity index (χ2v) is 11.2. The van der Waals surface area contributed by atoms with E-state index in [4.69, 9.17) is 9.47 Å². The molecule has 2 aromatic heterocycles. The van der Waals surface area contributed by atoms with Gasteiger partial charge in [0.15, 0.2) is 5.82 Å². The Morgan fingerprint density at radius 1 is 1.13 bits per heavy atom. The first-order valence-electron chi connectivity index (χ1n) is 13.6. The molecule has 3 atom stereocenters. The number of rotatable bonds is 5. The van der Waals surface area contributed by atoms with E-state index in [2.05, 4.69) is 20.5 Å². The summed E-state index contributed by atoms with van der Waals surface area (Å²) in [5.74, 6) is -3.68. The Balaban J connectivity index is 1.07. The molecule has 4 fully saturated rings. The quantitative estimate of drug-likeness (QED) is 0.589. The van der Waals surface area contributed by atoms with Crippen LogP contribution < -0.4 is 10.1 Å². The number of carbonyl (C=O) groups is 2. The van der Waals surface area contributed by atoms with Crippen molar-refractivity contribution >= 4 is 11.8 Å². The number of ether oxygens (including phenoxy) is 2. The SMILES string of the molecule is COc1cc(-c2cc(C(=O)N3[C@@H]4CC[C@H]3CC(C(=O)NC3CCC5(CC3)OCCC5(F)F)C4)[nH]n2)c(F)cn1. The zero-order chi connectivity index (χ0) is 27.4. The summed E-state index contributed by atoms with van der Waals surface area (Å²) < 4.78 is 53.6. The lowest BCUT2D eigenvalue weighted by atomic mass is 9.78. The van der Waals surface area contributed by atoms with E-state index < -0.39 is 17.3 Å². The zero-order valence-electron chi connectivity index (χ0n) is 21.7. The van der Waals surface area contributed by atoms with Gasteiger partial charge in [0.05, 0.1) is 25.6 Å². The smallest absolute Gasteiger partial charge is 0.278 e. The van der Waals surface area contributed by atoms with Crippen LogP contribution in [0.2, 0.25) is 0 Å². The summed E-state index contributed by atoms with van der Waals surface area (Å²) in [6.45, 7) is 0.0827. The van der Waals surface area contributed by atoms with Crippen molar-refractivity contribution in [2.45, 2.75) is 87.4 Å². The van der Waals surface area contributed by atoms with Gasteiger partial charge in [0.25, 0.3) is 11.8 Å². The number of methoxy groups -OCH3 is 1. The number of halogens is 3. The number of H-pyrrole nitrogens is 1. The van der Waals surface area contributed by atoms with Gasteiger partial charge in [-0.2, -0.15) is 5.10 Å². The van der Waals surface area contributed by atoms with Crippen molar-refractivity contribution in [1.82, 2.24) is 25.4 Å². The Bertz CT molecular complexity index is 1250. The number of aromatic amines is 1. The molecular formula is C27H32F3N5O4. The van der Waals surface area contributed by atoms with E-state index in [9.17, 15) is 22.8 Å². The highest BCUT2D eigenvalue weighted by molar-refractivity contribution is 5.94. The van der Waals surface area contributed by atoms with Crippen LogP contribution in [0, 0.1) is 11.7 Å². The van der Waals surface area contributed by atoms with Crippen molar-refractivity contribution in [1.29, 1.82) is 0 Å². The van der Waals surface area contributed by atoms with Gasteiger partial charge in [0.2, 0.25) is 11.8 Å². The molecule has 2 amide bonds. The maximum Gasteiger partial charge on any atom is 0.278 e. The number of carbonyl (C=O) groups excluding carboxylic acids is 2. The molecule has 1 aliphatic carbocycles. The van der Waals surface area contributed by atoms with Crippen LogP contribution in [0.15, 0.2) is 18.3 Å². The number of nitrogens with zero attached hydrogens (tertiary/aromatic N) is 3. The summed E-state index contributed by atoms with van der Waals surface area (Å²) in [5.41, 5.74) is -0.677. The lowest BCUT2D eigenvalue weighted by Gasteiger charge is -2.41. The van der Waals surface area contributed by atoms with Crippen molar-refractivity contribution in [2.24, 2.45) is 5.92 Å². The number of hydrogen-bond donors (Lipinski definition) is 2. The number of pyridine rings is 1. The number of aromatic nitrogens is 3. The van der Waals surface area contributed by atoms with Crippen molar-refractivity contribution in [2.75, 3.05) is 13.7 Å². The van der Waals surface area contributed by atoms with Crippen LogP contribution >= 0.6 is 0 Å². The van der Waals surface area contributed by atoms with Crippen LogP contribution in [0.1, 0.15) is 68.3 Å². The van der Waals surface area contributed by atoms with Crippen LogP contribution in [-0.2, 0) is 9.53 Å². The summed E-state index contributed by atoms with van der Waals surface area (Å²) in [6.07, 6.45) is 4.92. The van der Waals surface area contributed by atoms with E-state index in [1.807, 2.05) is 4.90 Å². The molecule has 2 aromatic rings. The molecule has 3 aliphatic heterocycles. The van der Waals surface area contributed by atoms with E-state index >= 15 is 0 Å². The Morgan fingerprint density at radius 3 is 2.49 bits per heavy atom. The molecule has 210 valence electrons. The molecule has 5 heterocycles. The second-order valence-electron chi connectivity index (χ2n) is 11.2. The van der Waals surface area contributed by atoms with E-state index in [1.165, 1.54) is 19.2 Å². The van der Waals surface area contributed by atoms with Crippen molar-refractivity contribution in [3.8, 4) is 17.1 Å². The molecule has 39 heavy (non-hydrogen) atoms. The van der Waals surface area contributed by atoms with Crippen LogP contribution in [-0.4, -0.2) is 75.3 Å². The molecule has 0 aromatic carbocycles. The Morgan fingerprint density at radius 2 is 1.85 bits per heavy atom. The first kappa shape index (κ1) is 26.1. The van der Waals surface area contributed by atoms with Gasteiger partial charge in [0.1, 0.15) is 11.3 Å². The summed E-state index contributed by atoms with van der Waals surface area (Å²) >= 11 is 0. The van der Waals surface area contributed by atoms with Gasteiger partial charge in [-0.05, 0) is 57.4 Å². The highest BCUT2D eigenvalue weighted by Crippen LogP contribution is 2.49. The largest absolute Gasteiger partial charge is 0.481 e. The average Bonchev–Trinajstić information content (AvgIpc) is 3.59. The molecule has 1 spiro atoms. The first-order valence-corrected chi connectivity index (χ1v) is 13.6. The fraction of sp³-hybridized carbons (Fsp3) is 0.630. The number of amides is 2. The van der Waals surface area contributed by atoms with Gasteiger partial charge in [-0.1, -0.05) is 0 Å². The minimum Gasteiger partial charge on any atom is -0.481 e. The molecule has 2 N–H and O–H groups in total. The molecular weight excluding hydrogens is 515 g/mol. The third kappa shape index (κ3) is 4.56. The third-order valence-electron chi connectivity index (χ3n) is 9.06. The van der Waals surface area contributed by atoms with E-state index in [-0.39, 0.29) is 84.6 Å². The number of alkyl halides is 2.